The van der Waals surface area contributed by atoms with Crippen molar-refractivity contribution in [3.63, 3.8) is 0 Å². The third-order valence-electron chi connectivity index (χ3n) is 4.78. The van der Waals surface area contributed by atoms with Gasteiger partial charge in [-0.3, -0.25) is 4.79 Å². The number of hydrogen-bond donors (Lipinski definition) is 3. The van der Waals surface area contributed by atoms with Crippen molar-refractivity contribution in [2.24, 2.45) is 5.92 Å². The van der Waals surface area contributed by atoms with Gasteiger partial charge in [-0.05, 0) is 57.9 Å². The molecule has 1 atom stereocenters. The smallest absolute Gasteiger partial charge is 0.240 e. The molecule has 4 nitrogen and oxygen atoms in total. The molecule has 1 unspecified atom stereocenters. The van der Waals surface area contributed by atoms with Crippen LogP contribution in [-0.4, -0.2) is 35.2 Å². The maximum atomic E-state index is 12.4. The number of aliphatic hydroxyl groups excluding tert-OH is 1. The molecular formula is C14H26N2O2. The van der Waals surface area contributed by atoms with Gasteiger partial charge >= 0.3 is 0 Å². The molecule has 0 radical (unpaired) electrons. The molecule has 2 rings (SSSR count). The molecule has 2 aliphatic rings. The number of aliphatic hydroxyl groups is 1. The van der Waals surface area contributed by atoms with E-state index in [4.69, 9.17) is 0 Å². The Morgan fingerprint density at radius 2 is 2.06 bits per heavy atom. The van der Waals surface area contributed by atoms with Crippen LogP contribution < -0.4 is 10.6 Å². The molecule has 3 N–H and O–H groups in total. The maximum absolute atomic E-state index is 12.4. The number of rotatable bonds is 3. The summed E-state index contributed by atoms with van der Waals surface area (Å²) in [6, 6.07) is 0. The van der Waals surface area contributed by atoms with Crippen molar-refractivity contribution in [1.29, 1.82) is 0 Å². The van der Waals surface area contributed by atoms with Gasteiger partial charge in [-0.15, -0.1) is 0 Å². The molecule has 0 aromatic heterocycles. The standard InChI is InChI=1S/C14H26N2O2/c1-11-4-7-14(10-17,8-5-11)16-12(18)13(2)6-3-9-15-13/h11,15,17H,3-10H2,1-2H3,(H,16,18). The highest BCUT2D eigenvalue weighted by atomic mass is 16.3. The zero-order chi connectivity index (χ0) is 13.2. The van der Waals surface area contributed by atoms with E-state index in [1.807, 2.05) is 6.92 Å². The van der Waals surface area contributed by atoms with Crippen molar-refractivity contribution in [2.75, 3.05) is 13.2 Å². The summed E-state index contributed by atoms with van der Waals surface area (Å²) in [7, 11) is 0. The Balaban J connectivity index is 1.99. The van der Waals surface area contributed by atoms with Crippen LogP contribution in [0.25, 0.3) is 0 Å². The van der Waals surface area contributed by atoms with Gasteiger partial charge in [0.2, 0.25) is 5.91 Å². The fourth-order valence-corrected chi connectivity index (χ4v) is 3.10. The molecular weight excluding hydrogens is 228 g/mol. The first-order chi connectivity index (χ1) is 8.50. The first kappa shape index (κ1) is 13.8. The first-order valence-corrected chi connectivity index (χ1v) is 7.18. The van der Waals surface area contributed by atoms with Crippen molar-refractivity contribution in [3.05, 3.63) is 0 Å². The minimum Gasteiger partial charge on any atom is -0.394 e. The van der Waals surface area contributed by atoms with Crippen molar-refractivity contribution >= 4 is 5.91 Å². The minimum atomic E-state index is -0.439. The summed E-state index contributed by atoms with van der Waals surface area (Å²) in [4.78, 5) is 12.4. The van der Waals surface area contributed by atoms with E-state index in [2.05, 4.69) is 17.6 Å². The van der Waals surface area contributed by atoms with Gasteiger partial charge in [-0.1, -0.05) is 6.92 Å². The molecule has 18 heavy (non-hydrogen) atoms. The lowest BCUT2D eigenvalue weighted by Crippen LogP contribution is -2.61. The second kappa shape index (κ2) is 5.17. The van der Waals surface area contributed by atoms with Crippen LogP contribution in [0.2, 0.25) is 0 Å². The van der Waals surface area contributed by atoms with Gasteiger partial charge in [0.25, 0.3) is 0 Å². The van der Waals surface area contributed by atoms with E-state index in [-0.39, 0.29) is 18.1 Å². The lowest BCUT2D eigenvalue weighted by atomic mass is 9.77. The Morgan fingerprint density at radius 1 is 1.39 bits per heavy atom. The van der Waals surface area contributed by atoms with Crippen LogP contribution in [0.4, 0.5) is 0 Å². The van der Waals surface area contributed by atoms with Crippen molar-refractivity contribution < 1.29 is 9.90 Å². The van der Waals surface area contributed by atoms with E-state index in [1.54, 1.807) is 0 Å². The van der Waals surface area contributed by atoms with Crippen molar-refractivity contribution in [3.8, 4) is 0 Å². The lowest BCUT2D eigenvalue weighted by molar-refractivity contribution is -0.129. The summed E-state index contributed by atoms with van der Waals surface area (Å²) >= 11 is 0. The Kier molecular flexibility index (Phi) is 3.97. The monoisotopic (exact) mass is 254 g/mol. The van der Waals surface area contributed by atoms with Crippen LogP contribution in [0.3, 0.4) is 0 Å². The number of hydrogen-bond acceptors (Lipinski definition) is 3. The zero-order valence-electron chi connectivity index (χ0n) is 11.6. The number of carbonyl (C=O) groups excluding carboxylic acids is 1. The van der Waals surface area contributed by atoms with E-state index < -0.39 is 5.54 Å². The predicted molar refractivity (Wildman–Crippen MR) is 71.2 cm³/mol. The summed E-state index contributed by atoms with van der Waals surface area (Å²) in [6.45, 7) is 5.17. The van der Waals surface area contributed by atoms with Crippen LogP contribution in [0, 0.1) is 5.92 Å². The van der Waals surface area contributed by atoms with Gasteiger partial charge in [0, 0.05) is 0 Å². The van der Waals surface area contributed by atoms with Crippen LogP contribution in [-0.2, 0) is 4.79 Å². The summed E-state index contributed by atoms with van der Waals surface area (Å²) in [5.41, 5.74) is -0.817. The molecule has 0 aromatic rings. The van der Waals surface area contributed by atoms with Crippen molar-refractivity contribution in [1.82, 2.24) is 10.6 Å². The molecule has 1 amide bonds. The molecule has 1 saturated heterocycles. The third-order valence-corrected chi connectivity index (χ3v) is 4.78. The van der Waals surface area contributed by atoms with E-state index in [0.29, 0.717) is 5.92 Å². The van der Waals surface area contributed by atoms with Gasteiger partial charge < -0.3 is 15.7 Å². The third kappa shape index (κ3) is 2.69. The van der Waals surface area contributed by atoms with Crippen LogP contribution in [0.5, 0.6) is 0 Å². The highest BCUT2D eigenvalue weighted by Crippen LogP contribution is 2.32. The summed E-state index contributed by atoms with van der Waals surface area (Å²) in [6.07, 6.45) is 5.90. The Morgan fingerprint density at radius 3 is 2.56 bits per heavy atom. The number of amides is 1. The zero-order valence-corrected chi connectivity index (χ0v) is 11.6. The maximum Gasteiger partial charge on any atom is 0.240 e. The summed E-state index contributed by atoms with van der Waals surface area (Å²) in [5, 5.41) is 16.1. The second-order valence-electron chi connectivity index (χ2n) is 6.44. The molecule has 1 aliphatic heterocycles. The summed E-state index contributed by atoms with van der Waals surface area (Å²) in [5.74, 6) is 0.769. The molecule has 1 heterocycles. The lowest BCUT2D eigenvalue weighted by Gasteiger charge is -2.40. The predicted octanol–water partition coefficient (Wildman–Crippen LogP) is 1.19. The molecule has 104 valence electrons. The molecule has 4 heteroatoms. The fourth-order valence-electron chi connectivity index (χ4n) is 3.10. The largest absolute Gasteiger partial charge is 0.394 e. The molecule has 0 spiro atoms. The summed E-state index contributed by atoms with van der Waals surface area (Å²) < 4.78 is 0. The molecule has 1 aliphatic carbocycles. The van der Waals surface area contributed by atoms with Crippen LogP contribution in [0.15, 0.2) is 0 Å². The normalized spacial score (nSPS) is 40.7. The van der Waals surface area contributed by atoms with E-state index in [1.165, 1.54) is 0 Å². The Bertz CT molecular complexity index is 303. The second-order valence-corrected chi connectivity index (χ2v) is 6.44. The Labute approximate surface area is 110 Å². The van der Waals surface area contributed by atoms with E-state index >= 15 is 0 Å². The fraction of sp³-hybridized carbons (Fsp3) is 0.929. The van der Waals surface area contributed by atoms with E-state index in [0.717, 1.165) is 45.1 Å². The molecule has 0 bridgehead atoms. The van der Waals surface area contributed by atoms with Gasteiger partial charge in [0.15, 0.2) is 0 Å². The highest BCUT2D eigenvalue weighted by Gasteiger charge is 2.42. The molecule has 2 fully saturated rings. The van der Waals surface area contributed by atoms with Gasteiger partial charge in [0.1, 0.15) is 0 Å². The highest BCUT2D eigenvalue weighted by molar-refractivity contribution is 5.86. The van der Waals surface area contributed by atoms with Crippen molar-refractivity contribution in [2.45, 2.75) is 63.5 Å². The minimum absolute atomic E-state index is 0.0571. The topological polar surface area (TPSA) is 61.4 Å². The van der Waals surface area contributed by atoms with E-state index in [9.17, 15) is 9.90 Å². The molecule has 1 saturated carbocycles. The van der Waals surface area contributed by atoms with Gasteiger partial charge in [-0.25, -0.2) is 0 Å². The van der Waals surface area contributed by atoms with Gasteiger partial charge in [0.05, 0.1) is 17.7 Å². The average molecular weight is 254 g/mol. The first-order valence-electron chi connectivity index (χ1n) is 7.18. The average Bonchev–Trinajstić information content (AvgIpc) is 2.81. The van der Waals surface area contributed by atoms with Gasteiger partial charge in [-0.2, -0.15) is 0 Å². The molecule has 0 aromatic carbocycles. The number of carbonyl (C=O) groups is 1. The SMILES string of the molecule is CC1CCC(CO)(NC(=O)C2(C)CCCN2)CC1. The van der Waals surface area contributed by atoms with Crippen LogP contribution >= 0.6 is 0 Å². The Hall–Kier alpha value is -0.610. The van der Waals surface area contributed by atoms with Crippen LogP contribution in [0.1, 0.15) is 52.4 Å². The quantitative estimate of drug-likeness (QED) is 0.709. The number of nitrogens with one attached hydrogen (secondary N) is 2.